The van der Waals surface area contributed by atoms with Crippen molar-refractivity contribution in [1.29, 1.82) is 5.41 Å². The van der Waals surface area contributed by atoms with Crippen molar-refractivity contribution in [2.75, 3.05) is 24.5 Å². The highest BCUT2D eigenvalue weighted by atomic mass is 16.5. The molecular weight excluding hydrogens is 418 g/mol. The van der Waals surface area contributed by atoms with Gasteiger partial charge in [0.05, 0.1) is 18.2 Å². The van der Waals surface area contributed by atoms with E-state index in [1.807, 2.05) is 11.1 Å². The first-order chi connectivity index (χ1) is 15.8. The lowest BCUT2D eigenvalue weighted by Crippen LogP contribution is -2.57. The molecule has 2 aliphatic heterocycles. The van der Waals surface area contributed by atoms with E-state index in [2.05, 4.69) is 64.2 Å². The SMILES string of the molecule is C=N.CC(C)[C@@H]1CN(c2cc3c(cn2)COC(C)(C)C3)CCN1C(=O)c1cocn1.CCC. The fourth-order valence-corrected chi connectivity index (χ4v) is 4.07. The maximum atomic E-state index is 12.8. The van der Waals surface area contributed by atoms with Crippen LogP contribution in [0.4, 0.5) is 5.82 Å². The summed E-state index contributed by atoms with van der Waals surface area (Å²) in [6.45, 7) is 18.1. The Kier molecular flexibility index (Phi) is 9.58. The molecule has 182 valence electrons. The van der Waals surface area contributed by atoms with Crippen molar-refractivity contribution in [2.45, 2.75) is 72.6 Å². The zero-order valence-electron chi connectivity index (χ0n) is 20.9. The first kappa shape index (κ1) is 26.5. The van der Waals surface area contributed by atoms with E-state index in [0.717, 1.165) is 25.3 Å². The number of carbonyl (C=O) groups excluding carboxylic acids is 1. The number of nitrogens with one attached hydrogen (secondary N) is 1. The van der Waals surface area contributed by atoms with Crippen LogP contribution in [0.1, 0.15) is 69.6 Å². The van der Waals surface area contributed by atoms with Crippen LogP contribution in [0.25, 0.3) is 0 Å². The Morgan fingerprint density at radius 1 is 1.24 bits per heavy atom. The number of oxazole rings is 1. The van der Waals surface area contributed by atoms with E-state index in [1.165, 1.54) is 30.2 Å². The van der Waals surface area contributed by atoms with Crippen LogP contribution in [0.5, 0.6) is 0 Å². The van der Waals surface area contributed by atoms with Crippen LogP contribution in [-0.4, -0.2) is 58.8 Å². The van der Waals surface area contributed by atoms with Gasteiger partial charge in [-0.25, -0.2) is 9.97 Å². The van der Waals surface area contributed by atoms with E-state index in [-0.39, 0.29) is 17.6 Å². The standard InChI is InChI=1S/C21H28N4O3.C3H8.CH3N/c1-14(2)18-10-24(5-6-25(18)20(26)17-12-27-13-23-17)19-7-15-8-21(3,4)28-11-16(15)9-22-19;1-3-2;1-2/h7,9,12-14,18H,5-6,8,10-11H2,1-4H3;3H2,1-2H3;2H,1H2/t18-;;/m0../s1. The molecule has 2 aliphatic rings. The summed E-state index contributed by atoms with van der Waals surface area (Å²) in [5.41, 5.74) is 2.70. The fraction of sp³-hybridized carbons (Fsp3) is 0.600. The van der Waals surface area contributed by atoms with Gasteiger partial charge in [-0.05, 0) is 43.7 Å². The molecule has 2 aromatic heterocycles. The molecule has 0 aliphatic carbocycles. The Morgan fingerprint density at radius 3 is 2.55 bits per heavy atom. The maximum Gasteiger partial charge on any atom is 0.276 e. The number of fused-ring (bicyclic) bond motifs is 1. The van der Waals surface area contributed by atoms with Crippen molar-refractivity contribution >= 4 is 18.4 Å². The third-order valence-electron chi connectivity index (χ3n) is 5.73. The molecule has 0 aromatic carbocycles. The Balaban J connectivity index is 0.000000714. The Morgan fingerprint density at radius 2 is 1.94 bits per heavy atom. The van der Waals surface area contributed by atoms with Gasteiger partial charge in [0.15, 0.2) is 12.1 Å². The van der Waals surface area contributed by atoms with Gasteiger partial charge >= 0.3 is 0 Å². The number of hydrogen-bond acceptors (Lipinski definition) is 7. The average molecular weight is 458 g/mol. The second kappa shape index (κ2) is 11.9. The van der Waals surface area contributed by atoms with Crippen molar-refractivity contribution in [3.05, 3.63) is 41.7 Å². The Labute approximate surface area is 197 Å². The van der Waals surface area contributed by atoms with Gasteiger partial charge < -0.3 is 24.4 Å². The second-order valence-electron chi connectivity index (χ2n) is 9.37. The monoisotopic (exact) mass is 457 g/mol. The smallest absolute Gasteiger partial charge is 0.276 e. The zero-order valence-corrected chi connectivity index (χ0v) is 20.9. The third-order valence-corrected chi connectivity index (χ3v) is 5.73. The summed E-state index contributed by atoms with van der Waals surface area (Å²) in [6, 6.07) is 2.29. The lowest BCUT2D eigenvalue weighted by atomic mass is 9.92. The van der Waals surface area contributed by atoms with Gasteiger partial charge in [-0.1, -0.05) is 34.1 Å². The molecule has 4 rings (SSSR count). The van der Waals surface area contributed by atoms with Crippen LogP contribution in [0.3, 0.4) is 0 Å². The number of amides is 1. The van der Waals surface area contributed by atoms with Gasteiger partial charge in [0.1, 0.15) is 12.1 Å². The van der Waals surface area contributed by atoms with E-state index in [4.69, 9.17) is 19.5 Å². The average Bonchev–Trinajstić information content (AvgIpc) is 3.34. The Hall–Kier alpha value is -2.74. The predicted octanol–water partition coefficient (Wildman–Crippen LogP) is 4.59. The van der Waals surface area contributed by atoms with E-state index >= 15 is 0 Å². The van der Waals surface area contributed by atoms with Crippen molar-refractivity contribution < 1.29 is 13.9 Å². The van der Waals surface area contributed by atoms with Crippen LogP contribution in [-0.2, 0) is 17.8 Å². The molecule has 0 spiro atoms. The highest BCUT2D eigenvalue weighted by Gasteiger charge is 2.35. The molecule has 0 radical (unpaired) electrons. The van der Waals surface area contributed by atoms with Crippen molar-refractivity contribution in [2.24, 2.45) is 5.92 Å². The minimum Gasteiger partial charge on any atom is -0.451 e. The quantitative estimate of drug-likeness (QED) is 0.677. The number of pyridine rings is 1. The highest BCUT2D eigenvalue weighted by molar-refractivity contribution is 5.92. The summed E-state index contributed by atoms with van der Waals surface area (Å²) in [5, 5.41) is 5.50. The number of anilines is 1. The molecule has 8 heteroatoms. The number of carbonyl (C=O) groups is 1. The van der Waals surface area contributed by atoms with Crippen LogP contribution in [0.15, 0.2) is 29.3 Å². The van der Waals surface area contributed by atoms with Gasteiger partial charge in [-0.15, -0.1) is 0 Å². The van der Waals surface area contributed by atoms with E-state index in [1.54, 1.807) is 0 Å². The summed E-state index contributed by atoms with van der Waals surface area (Å²) in [4.78, 5) is 25.8. The third kappa shape index (κ3) is 6.63. The molecule has 1 saturated heterocycles. The molecule has 1 N–H and O–H groups in total. The summed E-state index contributed by atoms with van der Waals surface area (Å²) in [6.07, 6.45) is 6.80. The first-order valence-corrected chi connectivity index (χ1v) is 11.7. The number of hydrogen-bond donors (Lipinski definition) is 1. The normalized spacial score (nSPS) is 19.1. The summed E-state index contributed by atoms with van der Waals surface area (Å²) >= 11 is 0. The first-order valence-electron chi connectivity index (χ1n) is 11.7. The van der Waals surface area contributed by atoms with Crippen LogP contribution < -0.4 is 4.90 Å². The molecule has 8 nitrogen and oxygen atoms in total. The highest BCUT2D eigenvalue weighted by Crippen LogP contribution is 2.30. The van der Waals surface area contributed by atoms with Crippen molar-refractivity contribution in [3.8, 4) is 0 Å². The molecular formula is C25H39N5O3. The van der Waals surface area contributed by atoms with Gasteiger partial charge in [0.2, 0.25) is 0 Å². The fourth-order valence-electron chi connectivity index (χ4n) is 4.07. The zero-order chi connectivity index (χ0) is 24.6. The van der Waals surface area contributed by atoms with Gasteiger partial charge in [0.25, 0.3) is 5.91 Å². The van der Waals surface area contributed by atoms with E-state index in [0.29, 0.717) is 24.8 Å². The molecule has 1 atom stereocenters. The lowest BCUT2D eigenvalue weighted by Gasteiger charge is -2.43. The number of rotatable bonds is 3. The van der Waals surface area contributed by atoms with Crippen molar-refractivity contribution in [3.63, 3.8) is 0 Å². The summed E-state index contributed by atoms with van der Waals surface area (Å²) in [5.74, 6) is 1.24. The molecule has 33 heavy (non-hydrogen) atoms. The van der Waals surface area contributed by atoms with Crippen molar-refractivity contribution in [1.82, 2.24) is 14.9 Å². The predicted molar refractivity (Wildman–Crippen MR) is 131 cm³/mol. The molecule has 4 heterocycles. The summed E-state index contributed by atoms with van der Waals surface area (Å²) in [7, 11) is 0. The van der Waals surface area contributed by atoms with Crippen LogP contribution in [0, 0.1) is 11.3 Å². The van der Waals surface area contributed by atoms with Crippen LogP contribution in [0.2, 0.25) is 0 Å². The number of aromatic nitrogens is 2. The molecule has 0 bridgehead atoms. The number of ether oxygens (including phenoxy) is 1. The molecule has 1 fully saturated rings. The number of nitrogens with zero attached hydrogens (tertiary/aromatic N) is 4. The van der Waals surface area contributed by atoms with Gasteiger partial charge in [-0.2, -0.15) is 0 Å². The van der Waals surface area contributed by atoms with E-state index < -0.39 is 0 Å². The lowest BCUT2D eigenvalue weighted by molar-refractivity contribution is -0.0402. The maximum absolute atomic E-state index is 12.8. The summed E-state index contributed by atoms with van der Waals surface area (Å²) < 4.78 is 10.9. The molecule has 2 aromatic rings. The topological polar surface area (TPSA) is 95.6 Å². The number of piperazine rings is 1. The largest absolute Gasteiger partial charge is 0.451 e. The van der Waals surface area contributed by atoms with Gasteiger partial charge in [0, 0.05) is 32.3 Å². The van der Waals surface area contributed by atoms with Gasteiger partial charge in [-0.3, -0.25) is 4.79 Å². The Bertz CT molecular complexity index is 882. The molecule has 0 saturated carbocycles. The molecule has 1 amide bonds. The second-order valence-corrected chi connectivity index (χ2v) is 9.37. The molecule has 0 unspecified atom stereocenters. The minimum atomic E-state index is -0.144. The minimum absolute atomic E-state index is 0.0654. The van der Waals surface area contributed by atoms with Crippen LogP contribution >= 0.6 is 0 Å². The van der Waals surface area contributed by atoms with E-state index in [9.17, 15) is 4.79 Å².